The summed E-state index contributed by atoms with van der Waals surface area (Å²) in [7, 11) is 0. The first kappa shape index (κ1) is 14.8. The fourth-order valence-electron chi connectivity index (χ4n) is 2.07. The molecule has 0 spiro atoms. The Morgan fingerprint density at radius 3 is 2.65 bits per heavy atom. The molecular weight excluding hydrogens is 312 g/mol. The van der Waals surface area contributed by atoms with Gasteiger partial charge in [0, 0.05) is 17.4 Å². The van der Waals surface area contributed by atoms with Gasteiger partial charge in [-0.05, 0) is 42.5 Å². The van der Waals surface area contributed by atoms with Crippen LogP contribution in [0.4, 0.5) is 5.69 Å². The van der Waals surface area contributed by atoms with E-state index in [1.807, 2.05) is 18.2 Å². The van der Waals surface area contributed by atoms with E-state index in [9.17, 15) is 4.79 Å². The van der Waals surface area contributed by atoms with E-state index in [2.05, 4.69) is 10.4 Å². The van der Waals surface area contributed by atoms with Gasteiger partial charge in [0.25, 0.3) is 5.91 Å². The van der Waals surface area contributed by atoms with Gasteiger partial charge in [-0.3, -0.25) is 4.79 Å². The summed E-state index contributed by atoms with van der Waals surface area (Å²) in [6.07, 6.45) is 3.25. The number of rotatable bonds is 3. The molecule has 3 rings (SSSR count). The Balaban J connectivity index is 1.75. The highest BCUT2D eigenvalue weighted by Gasteiger charge is 2.07. The third-order valence-electron chi connectivity index (χ3n) is 3.19. The van der Waals surface area contributed by atoms with Crippen LogP contribution in [-0.2, 0) is 0 Å². The molecule has 0 radical (unpaired) electrons. The van der Waals surface area contributed by atoms with Gasteiger partial charge >= 0.3 is 0 Å². The molecule has 0 fully saturated rings. The van der Waals surface area contributed by atoms with E-state index >= 15 is 0 Å². The normalized spacial score (nSPS) is 10.1. The topological polar surface area (TPSA) is 70.7 Å². The van der Waals surface area contributed by atoms with E-state index in [-0.39, 0.29) is 5.91 Å². The van der Waals surface area contributed by atoms with Gasteiger partial charge in [0.05, 0.1) is 28.5 Å². The lowest BCUT2D eigenvalue weighted by Crippen LogP contribution is -2.12. The van der Waals surface area contributed by atoms with Gasteiger partial charge in [-0.25, -0.2) is 4.68 Å². The number of aromatic nitrogens is 2. The molecule has 2 aromatic carbocycles. The van der Waals surface area contributed by atoms with Gasteiger partial charge in [-0.1, -0.05) is 17.7 Å². The summed E-state index contributed by atoms with van der Waals surface area (Å²) in [5.74, 6) is -0.267. The number of benzene rings is 2. The number of nitriles is 1. The van der Waals surface area contributed by atoms with Gasteiger partial charge in [0.2, 0.25) is 0 Å². The maximum Gasteiger partial charge on any atom is 0.255 e. The van der Waals surface area contributed by atoms with Crippen LogP contribution in [0.15, 0.2) is 60.9 Å². The molecule has 23 heavy (non-hydrogen) atoms. The Kier molecular flexibility index (Phi) is 4.09. The highest BCUT2D eigenvalue weighted by molar-refractivity contribution is 6.30. The lowest BCUT2D eigenvalue weighted by Gasteiger charge is -2.07. The molecule has 1 N–H and O–H groups in total. The zero-order chi connectivity index (χ0) is 16.2. The first-order chi connectivity index (χ1) is 11.2. The van der Waals surface area contributed by atoms with Crippen LogP contribution in [0.2, 0.25) is 5.02 Å². The van der Waals surface area contributed by atoms with Crippen LogP contribution in [0.1, 0.15) is 15.9 Å². The lowest BCUT2D eigenvalue weighted by atomic mass is 10.1. The second-order valence-corrected chi connectivity index (χ2v) is 5.23. The van der Waals surface area contributed by atoms with E-state index in [0.29, 0.717) is 21.8 Å². The summed E-state index contributed by atoms with van der Waals surface area (Å²) in [5, 5.41) is 16.3. The summed E-state index contributed by atoms with van der Waals surface area (Å²) < 4.78 is 1.64. The minimum Gasteiger partial charge on any atom is -0.322 e. The maximum atomic E-state index is 12.2. The van der Waals surface area contributed by atoms with Crippen molar-refractivity contribution in [3.8, 4) is 11.8 Å². The number of hydrogen-bond acceptors (Lipinski definition) is 3. The number of carbonyl (C=O) groups excluding carboxylic acids is 1. The Morgan fingerprint density at radius 1 is 1.22 bits per heavy atom. The molecule has 1 amide bonds. The molecule has 0 aliphatic carbocycles. The Hall–Kier alpha value is -3.10. The van der Waals surface area contributed by atoms with Gasteiger partial charge in [-0.2, -0.15) is 10.4 Å². The third-order valence-corrected chi connectivity index (χ3v) is 3.39. The first-order valence-electron chi connectivity index (χ1n) is 6.78. The van der Waals surface area contributed by atoms with Crippen molar-refractivity contribution in [2.24, 2.45) is 0 Å². The standard InChI is InChI=1S/C17H11ClN4O/c18-14-10-20-22(11-14)16-6-4-15(5-7-16)21-17(23)13-3-1-2-12(8-13)9-19/h1-8,10-11H,(H,21,23). The van der Waals surface area contributed by atoms with E-state index < -0.39 is 0 Å². The molecule has 0 saturated heterocycles. The molecule has 1 aromatic heterocycles. The summed E-state index contributed by atoms with van der Waals surface area (Å²) in [6.45, 7) is 0. The molecular formula is C17H11ClN4O. The second kappa shape index (κ2) is 6.34. The van der Waals surface area contributed by atoms with Crippen LogP contribution in [0, 0.1) is 11.3 Å². The van der Waals surface area contributed by atoms with Crippen LogP contribution in [0.5, 0.6) is 0 Å². The second-order valence-electron chi connectivity index (χ2n) is 4.80. The molecule has 3 aromatic rings. The molecule has 112 valence electrons. The molecule has 0 unspecified atom stereocenters. The minimum absolute atomic E-state index is 0.267. The van der Waals surface area contributed by atoms with Gasteiger partial charge in [0.15, 0.2) is 0 Å². The highest BCUT2D eigenvalue weighted by Crippen LogP contribution is 2.16. The number of nitrogens with zero attached hydrogens (tertiary/aromatic N) is 3. The van der Waals surface area contributed by atoms with E-state index in [1.165, 1.54) is 0 Å². The molecule has 0 aliphatic heterocycles. The molecule has 1 heterocycles. The van der Waals surface area contributed by atoms with Gasteiger partial charge in [-0.15, -0.1) is 0 Å². The predicted molar refractivity (Wildman–Crippen MR) is 87.7 cm³/mol. The zero-order valence-electron chi connectivity index (χ0n) is 11.9. The lowest BCUT2D eigenvalue weighted by molar-refractivity contribution is 0.102. The molecule has 6 heteroatoms. The third kappa shape index (κ3) is 3.39. The first-order valence-corrected chi connectivity index (χ1v) is 7.15. The quantitative estimate of drug-likeness (QED) is 0.800. The summed E-state index contributed by atoms with van der Waals surface area (Å²) in [4.78, 5) is 12.2. The van der Waals surface area contributed by atoms with Crippen molar-refractivity contribution in [1.29, 1.82) is 5.26 Å². The predicted octanol–water partition coefficient (Wildman–Crippen LogP) is 3.65. The van der Waals surface area contributed by atoms with E-state index in [1.54, 1.807) is 53.5 Å². The summed E-state index contributed by atoms with van der Waals surface area (Å²) in [5.41, 5.74) is 2.37. The van der Waals surface area contributed by atoms with E-state index in [0.717, 1.165) is 5.69 Å². The monoisotopic (exact) mass is 322 g/mol. The van der Waals surface area contributed by atoms with Crippen molar-refractivity contribution in [2.75, 3.05) is 5.32 Å². The smallest absolute Gasteiger partial charge is 0.255 e. The van der Waals surface area contributed by atoms with Crippen LogP contribution < -0.4 is 5.32 Å². The van der Waals surface area contributed by atoms with Crippen molar-refractivity contribution in [3.05, 3.63) is 77.1 Å². The van der Waals surface area contributed by atoms with Crippen LogP contribution in [0.25, 0.3) is 5.69 Å². The van der Waals surface area contributed by atoms with Crippen molar-refractivity contribution < 1.29 is 4.79 Å². The number of amides is 1. The Labute approximate surface area is 137 Å². The number of nitrogens with one attached hydrogen (secondary N) is 1. The number of carbonyl (C=O) groups is 1. The number of anilines is 1. The zero-order valence-corrected chi connectivity index (χ0v) is 12.7. The largest absolute Gasteiger partial charge is 0.322 e. The average molecular weight is 323 g/mol. The van der Waals surface area contributed by atoms with Crippen molar-refractivity contribution >= 4 is 23.2 Å². The highest BCUT2D eigenvalue weighted by atomic mass is 35.5. The van der Waals surface area contributed by atoms with Crippen LogP contribution >= 0.6 is 11.6 Å². The van der Waals surface area contributed by atoms with Gasteiger partial charge < -0.3 is 5.32 Å². The molecule has 5 nitrogen and oxygen atoms in total. The van der Waals surface area contributed by atoms with Crippen molar-refractivity contribution in [2.45, 2.75) is 0 Å². The molecule has 0 aliphatic rings. The SMILES string of the molecule is N#Cc1cccc(C(=O)Nc2ccc(-n3cc(Cl)cn3)cc2)c1. The van der Waals surface area contributed by atoms with Crippen LogP contribution in [0.3, 0.4) is 0 Å². The van der Waals surface area contributed by atoms with E-state index in [4.69, 9.17) is 16.9 Å². The van der Waals surface area contributed by atoms with Gasteiger partial charge in [0.1, 0.15) is 0 Å². The number of hydrogen-bond donors (Lipinski definition) is 1. The van der Waals surface area contributed by atoms with Crippen molar-refractivity contribution in [1.82, 2.24) is 9.78 Å². The Bertz CT molecular complexity index is 893. The number of halogens is 1. The Morgan fingerprint density at radius 2 is 2.00 bits per heavy atom. The van der Waals surface area contributed by atoms with Crippen LogP contribution in [-0.4, -0.2) is 15.7 Å². The molecule has 0 bridgehead atoms. The fourth-order valence-corrected chi connectivity index (χ4v) is 2.21. The molecule has 0 atom stereocenters. The summed E-state index contributed by atoms with van der Waals surface area (Å²) >= 11 is 5.84. The fraction of sp³-hybridized carbons (Fsp3) is 0. The average Bonchev–Trinajstić information content (AvgIpc) is 3.02. The minimum atomic E-state index is -0.267. The summed E-state index contributed by atoms with van der Waals surface area (Å²) in [6, 6.07) is 15.8. The molecule has 0 saturated carbocycles. The maximum absolute atomic E-state index is 12.2. The van der Waals surface area contributed by atoms with Crippen molar-refractivity contribution in [3.63, 3.8) is 0 Å².